The zero-order chi connectivity index (χ0) is 15.0. The Balaban J connectivity index is 1.43. The first-order chi connectivity index (χ1) is 10.8. The van der Waals surface area contributed by atoms with E-state index in [1.807, 2.05) is 18.2 Å². The topological polar surface area (TPSA) is 32.6 Å². The average Bonchev–Trinajstić information content (AvgIpc) is 2.51. The van der Waals surface area contributed by atoms with Gasteiger partial charge in [0.05, 0.1) is 12.6 Å². The highest BCUT2D eigenvalue weighted by molar-refractivity contribution is 5.59. The Labute approximate surface area is 133 Å². The lowest BCUT2D eigenvalue weighted by molar-refractivity contribution is -0.0476. The monoisotopic (exact) mass is 297 g/mol. The molecule has 2 nitrogen and oxygen atoms in total. The molecule has 0 amide bonds. The summed E-state index contributed by atoms with van der Waals surface area (Å²) in [5.41, 5.74) is 1.67. The maximum Gasteiger partial charge on any atom is 0.0975 e. The van der Waals surface area contributed by atoms with Crippen molar-refractivity contribution in [2.45, 2.75) is 51.0 Å². The molecule has 4 saturated carbocycles. The second-order valence-corrected chi connectivity index (χ2v) is 8.06. The number of hydrogen-bond donors (Lipinski definition) is 1. The van der Waals surface area contributed by atoms with Crippen molar-refractivity contribution in [3.05, 3.63) is 35.9 Å². The van der Waals surface area contributed by atoms with E-state index in [-0.39, 0.29) is 12.6 Å². The Morgan fingerprint density at radius 2 is 1.64 bits per heavy atom. The molecule has 0 radical (unpaired) electrons. The number of aliphatic hydroxyl groups excluding tert-OH is 1. The minimum atomic E-state index is -0.0879. The molecule has 1 aromatic carbocycles. The predicted molar refractivity (Wildman–Crippen MR) is 90.0 cm³/mol. The summed E-state index contributed by atoms with van der Waals surface area (Å²) in [6.45, 7) is 0.0986. The Kier molecular flexibility index (Phi) is 3.81. The second kappa shape index (κ2) is 5.81. The molecule has 0 spiro atoms. The summed E-state index contributed by atoms with van der Waals surface area (Å²) in [6.07, 6.45) is 12.1. The standard InChI is InChI=1S/C20H27NO/c22-14-19(18-4-2-1-3-5-18)21-7-6-20-11-15-8-16(12-20)10-17(9-15)13-20/h1-5,7,15-17,19,22H,6,8-14H2/b21-7-/t15?,16?,17?,19-,20?/m0/s1. The summed E-state index contributed by atoms with van der Waals surface area (Å²) < 4.78 is 0. The van der Waals surface area contributed by atoms with Crippen LogP contribution in [0, 0.1) is 23.2 Å². The van der Waals surface area contributed by atoms with Crippen LogP contribution in [0.2, 0.25) is 0 Å². The van der Waals surface area contributed by atoms with Gasteiger partial charge in [-0.2, -0.15) is 0 Å². The number of aliphatic hydroxyl groups is 1. The van der Waals surface area contributed by atoms with E-state index in [0.29, 0.717) is 5.41 Å². The van der Waals surface area contributed by atoms with E-state index in [1.54, 1.807) is 0 Å². The lowest BCUT2D eigenvalue weighted by atomic mass is 9.49. The Hall–Kier alpha value is -1.15. The number of aliphatic imine (C=N–C) groups is 1. The van der Waals surface area contributed by atoms with Crippen LogP contribution in [-0.2, 0) is 0 Å². The van der Waals surface area contributed by atoms with Gasteiger partial charge in [0.15, 0.2) is 0 Å². The molecule has 1 N–H and O–H groups in total. The van der Waals surface area contributed by atoms with Crippen molar-refractivity contribution in [1.82, 2.24) is 0 Å². The summed E-state index contributed by atoms with van der Waals surface area (Å²) in [6, 6.07) is 10.1. The number of nitrogens with zero attached hydrogens (tertiary/aromatic N) is 1. The van der Waals surface area contributed by atoms with Gasteiger partial charge in [-0.05, 0) is 73.7 Å². The van der Waals surface area contributed by atoms with Gasteiger partial charge in [-0.15, -0.1) is 0 Å². The summed E-state index contributed by atoms with van der Waals surface area (Å²) in [5.74, 6) is 3.01. The summed E-state index contributed by atoms with van der Waals surface area (Å²) in [7, 11) is 0. The van der Waals surface area contributed by atoms with Crippen LogP contribution in [0.25, 0.3) is 0 Å². The lowest BCUT2D eigenvalue weighted by Gasteiger charge is -2.56. The van der Waals surface area contributed by atoms with Crippen molar-refractivity contribution in [2.24, 2.45) is 28.2 Å². The van der Waals surface area contributed by atoms with Gasteiger partial charge in [-0.25, -0.2) is 0 Å². The van der Waals surface area contributed by atoms with Crippen molar-refractivity contribution in [2.75, 3.05) is 6.61 Å². The van der Waals surface area contributed by atoms with Crippen LogP contribution in [0.5, 0.6) is 0 Å². The van der Waals surface area contributed by atoms with Crippen molar-refractivity contribution >= 4 is 6.21 Å². The van der Waals surface area contributed by atoms with Crippen LogP contribution in [0.15, 0.2) is 35.3 Å². The minimum Gasteiger partial charge on any atom is -0.394 e. The molecular formula is C20H27NO. The fraction of sp³-hybridized carbons (Fsp3) is 0.650. The molecule has 2 heteroatoms. The van der Waals surface area contributed by atoms with Gasteiger partial charge < -0.3 is 5.11 Å². The molecule has 1 atom stereocenters. The SMILES string of the molecule is OC[C@H](/N=C\CC12CC3CC(CC(C3)C1)C2)c1ccccc1. The summed E-state index contributed by atoms with van der Waals surface area (Å²) in [5, 5.41) is 9.63. The third-order valence-electron chi connectivity index (χ3n) is 6.33. The highest BCUT2D eigenvalue weighted by Gasteiger charge is 2.50. The fourth-order valence-electron chi connectivity index (χ4n) is 5.83. The molecule has 0 aliphatic heterocycles. The van der Waals surface area contributed by atoms with E-state index in [4.69, 9.17) is 4.99 Å². The normalized spacial score (nSPS) is 37.8. The maximum absolute atomic E-state index is 9.63. The molecule has 0 heterocycles. The predicted octanol–water partition coefficient (Wildman–Crippen LogP) is 4.40. The van der Waals surface area contributed by atoms with Crippen molar-refractivity contribution < 1.29 is 5.11 Å². The van der Waals surface area contributed by atoms with Crippen LogP contribution >= 0.6 is 0 Å². The molecule has 5 rings (SSSR count). The molecule has 0 saturated heterocycles. The lowest BCUT2D eigenvalue weighted by Crippen LogP contribution is -2.46. The smallest absolute Gasteiger partial charge is 0.0975 e. The Bertz CT molecular complexity index is 501. The first-order valence-corrected chi connectivity index (χ1v) is 8.94. The van der Waals surface area contributed by atoms with Gasteiger partial charge >= 0.3 is 0 Å². The van der Waals surface area contributed by atoms with Crippen LogP contribution in [0.3, 0.4) is 0 Å². The molecule has 118 valence electrons. The number of benzene rings is 1. The fourth-order valence-corrected chi connectivity index (χ4v) is 5.83. The highest BCUT2D eigenvalue weighted by atomic mass is 16.3. The third kappa shape index (κ3) is 2.74. The zero-order valence-electron chi connectivity index (χ0n) is 13.3. The van der Waals surface area contributed by atoms with Crippen molar-refractivity contribution in [3.8, 4) is 0 Å². The molecule has 22 heavy (non-hydrogen) atoms. The molecule has 4 aliphatic rings. The molecule has 4 aliphatic carbocycles. The van der Waals surface area contributed by atoms with Crippen LogP contribution in [0.1, 0.15) is 56.6 Å². The third-order valence-corrected chi connectivity index (χ3v) is 6.33. The number of hydrogen-bond acceptors (Lipinski definition) is 2. The molecule has 0 aromatic heterocycles. The van der Waals surface area contributed by atoms with Crippen molar-refractivity contribution in [1.29, 1.82) is 0 Å². The Morgan fingerprint density at radius 3 is 2.18 bits per heavy atom. The van der Waals surface area contributed by atoms with Gasteiger partial charge in [0.1, 0.15) is 0 Å². The molecule has 0 unspecified atom stereocenters. The van der Waals surface area contributed by atoms with E-state index in [9.17, 15) is 5.11 Å². The van der Waals surface area contributed by atoms with E-state index in [1.165, 1.54) is 38.5 Å². The molecular weight excluding hydrogens is 270 g/mol. The van der Waals surface area contributed by atoms with Gasteiger partial charge in [0, 0.05) is 6.21 Å². The summed E-state index contributed by atoms with van der Waals surface area (Å²) >= 11 is 0. The van der Waals surface area contributed by atoms with Crippen LogP contribution in [0.4, 0.5) is 0 Å². The second-order valence-electron chi connectivity index (χ2n) is 8.06. The van der Waals surface area contributed by atoms with Gasteiger partial charge in [0.25, 0.3) is 0 Å². The van der Waals surface area contributed by atoms with E-state index in [0.717, 1.165) is 29.7 Å². The van der Waals surface area contributed by atoms with Gasteiger partial charge in [-0.3, -0.25) is 4.99 Å². The quantitative estimate of drug-likeness (QED) is 0.803. The molecule has 4 fully saturated rings. The maximum atomic E-state index is 9.63. The van der Waals surface area contributed by atoms with Gasteiger partial charge in [0.2, 0.25) is 0 Å². The number of rotatable bonds is 5. The molecule has 1 aromatic rings. The minimum absolute atomic E-state index is 0.0879. The average molecular weight is 297 g/mol. The largest absolute Gasteiger partial charge is 0.394 e. The van der Waals surface area contributed by atoms with Gasteiger partial charge in [-0.1, -0.05) is 30.3 Å². The first-order valence-electron chi connectivity index (χ1n) is 8.94. The Morgan fingerprint density at radius 1 is 1.05 bits per heavy atom. The van der Waals surface area contributed by atoms with E-state index in [2.05, 4.69) is 18.3 Å². The summed E-state index contributed by atoms with van der Waals surface area (Å²) in [4.78, 5) is 4.71. The first kappa shape index (κ1) is 14.4. The highest BCUT2D eigenvalue weighted by Crippen LogP contribution is 2.61. The van der Waals surface area contributed by atoms with Crippen molar-refractivity contribution in [3.63, 3.8) is 0 Å². The van der Waals surface area contributed by atoms with E-state index < -0.39 is 0 Å². The zero-order valence-corrected chi connectivity index (χ0v) is 13.3. The van der Waals surface area contributed by atoms with Crippen LogP contribution < -0.4 is 0 Å². The van der Waals surface area contributed by atoms with Crippen LogP contribution in [-0.4, -0.2) is 17.9 Å². The molecule has 4 bridgehead atoms. The van der Waals surface area contributed by atoms with E-state index >= 15 is 0 Å².